The largest absolute Gasteiger partial charge is 0.250 e. The molecule has 0 spiro atoms. The van der Waals surface area contributed by atoms with E-state index in [9.17, 15) is 0 Å². The molecule has 0 saturated carbocycles. The van der Waals surface area contributed by atoms with Crippen LogP contribution in [0.3, 0.4) is 0 Å². The highest BCUT2D eigenvalue weighted by Crippen LogP contribution is 2.41. The van der Waals surface area contributed by atoms with Crippen molar-refractivity contribution in [3.8, 4) is 22.3 Å². The highest BCUT2D eigenvalue weighted by atomic mass is 14.8. The van der Waals surface area contributed by atoms with Gasteiger partial charge >= 0.3 is 0 Å². The number of fused-ring (bicyclic) bond motifs is 3. The summed E-state index contributed by atoms with van der Waals surface area (Å²) in [5, 5.41) is 10.2. The molecule has 202 valence electrons. The van der Waals surface area contributed by atoms with Crippen molar-refractivity contribution in [2.75, 3.05) is 0 Å². The molecule has 0 bridgehead atoms. The van der Waals surface area contributed by atoms with Crippen molar-refractivity contribution in [2.24, 2.45) is 0 Å². The number of hydrogen-bond acceptors (Lipinski definition) is 2. The summed E-state index contributed by atoms with van der Waals surface area (Å²) in [6.07, 6.45) is 0. The predicted molar refractivity (Wildman–Crippen MR) is 180 cm³/mol. The van der Waals surface area contributed by atoms with Crippen molar-refractivity contribution in [2.45, 2.75) is 39.5 Å². The molecule has 0 atom stereocenters. The molecule has 2 nitrogen and oxygen atoms in total. The lowest BCUT2D eigenvalue weighted by molar-refractivity contribution is 0.826. The molecule has 2 aromatic heterocycles. The molecule has 0 unspecified atom stereocenters. The Bertz CT molecular complexity index is 2290. The van der Waals surface area contributed by atoms with Crippen molar-refractivity contribution in [3.63, 3.8) is 0 Å². The maximum atomic E-state index is 5.20. The second kappa shape index (κ2) is 9.36. The zero-order valence-electron chi connectivity index (χ0n) is 24.4. The SMILES string of the molecule is CC(C)c1ccc2ccc3c(-c4cccc(-c5ccc6ccc7cccc8ccc5c6c78)c4)cc(C(C)C)nc3c2n1. The van der Waals surface area contributed by atoms with Gasteiger partial charge in [-0.3, -0.25) is 9.97 Å². The Morgan fingerprint density at radius 2 is 1.00 bits per heavy atom. The average molecular weight is 541 g/mol. The molecule has 0 aliphatic carbocycles. The third kappa shape index (κ3) is 3.79. The molecular formula is C40H32N2. The molecule has 6 aromatic carbocycles. The van der Waals surface area contributed by atoms with Crippen molar-refractivity contribution in [1.29, 1.82) is 0 Å². The van der Waals surface area contributed by atoms with Crippen LogP contribution in [0.5, 0.6) is 0 Å². The Morgan fingerprint density at radius 1 is 0.429 bits per heavy atom. The zero-order chi connectivity index (χ0) is 28.5. The van der Waals surface area contributed by atoms with Crippen LogP contribution in [0, 0.1) is 0 Å². The Balaban J connectivity index is 1.37. The Hall–Kier alpha value is -4.82. The first kappa shape index (κ1) is 24.9. The minimum absolute atomic E-state index is 0.303. The fraction of sp³-hybridized carbons (Fsp3) is 0.150. The lowest BCUT2D eigenvalue weighted by atomic mass is 9.88. The van der Waals surface area contributed by atoms with Gasteiger partial charge in [0.25, 0.3) is 0 Å². The minimum atomic E-state index is 0.303. The van der Waals surface area contributed by atoms with Gasteiger partial charge in [-0.25, -0.2) is 0 Å². The molecule has 0 aliphatic rings. The highest BCUT2D eigenvalue weighted by molar-refractivity contribution is 6.25. The summed E-state index contributed by atoms with van der Waals surface area (Å²) in [5.74, 6) is 0.664. The van der Waals surface area contributed by atoms with Gasteiger partial charge in [0.2, 0.25) is 0 Å². The van der Waals surface area contributed by atoms with Gasteiger partial charge < -0.3 is 0 Å². The molecule has 0 radical (unpaired) electrons. The van der Waals surface area contributed by atoms with E-state index in [1.807, 2.05) is 0 Å². The van der Waals surface area contributed by atoms with Crippen LogP contribution in [0.1, 0.15) is 50.9 Å². The van der Waals surface area contributed by atoms with Crippen molar-refractivity contribution in [1.82, 2.24) is 9.97 Å². The van der Waals surface area contributed by atoms with E-state index in [0.717, 1.165) is 33.2 Å². The fourth-order valence-electron chi connectivity index (χ4n) is 6.60. The molecule has 42 heavy (non-hydrogen) atoms. The van der Waals surface area contributed by atoms with Gasteiger partial charge in [-0.15, -0.1) is 0 Å². The van der Waals surface area contributed by atoms with E-state index in [4.69, 9.17) is 9.97 Å². The predicted octanol–water partition coefficient (Wildman–Crippen LogP) is 11.3. The standard InChI is InChI=1S/C40H32N2/c1-23(2)35-20-16-28-15-19-33-34(22-36(24(3)4)42-40(33)39(28)41-35)30-10-6-9-29(21-30)31-17-13-27-12-11-25-7-5-8-26-14-18-32(31)38(27)37(25)26/h5-24H,1-4H3. The van der Waals surface area contributed by atoms with Crippen molar-refractivity contribution < 1.29 is 0 Å². The number of aromatic nitrogens is 2. The summed E-state index contributed by atoms with van der Waals surface area (Å²) in [7, 11) is 0. The summed E-state index contributed by atoms with van der Waals surface area (Å²) in [5.41, 5.74) is 9.07. The number of benzene rings is 6. The van der Waals surface area contributed by atoms with Gasteiger partial charge in [-0.05, 0) is 84.6 Å². The van der Waals surface area contributed by atoms with Gasteiger partial charge in [0.1, 0.15) is 0 Å². The summed E-state index contributed by atoms with van der Waals surface area (Å²) in [6.45, 7) is 8.83. The first-order valence-electron chi connectivity index (χ1n) is 15.0. The van der Waals surface area contributed by atoms with Crippen LogP contribution in [0.25, 0.3) is 76.4 Å². The van der Waals surface area contributed by atoms with E-state index in [1.165, 1.54) is 54.6 Å². The van der Waals surface area contributed by atoms with E-state index in [2.05, 4.69) is 137 Å². The number of hydrogen-bond donors (Lipinski definition) is 0. The van der Waals surface area contributed by atoms with Crippen LogP contribution in [0.2, 0.25) is 0 Å². The van der Waals surface area contributed by atoms with E-state index in [1.54, 1.807) is 0 Å². The molecule has 8 rings (SSSR count). The van der Waals surface area contributed by atoms with E-state index in [-0.39, 0.29) is 0 Å². The average Bonchev–Trinajstić information content (AvgIpc) is 3.02. The van der Waals surface area contributed by atoms with Crippen molar-refractivity contribution in [3.05, 3.63) is 121 Å². The second-order valence-electron chi connectivity index (χ2n) is 12.2. The van der Waals surface area contributed by atoms with Crippen LogP contribution >= 0.6 is 0 Å². The maximum Gasteiger partial charge on any atom is 0.0974 e. The van der Waals surface area contributed by atoms with Crippen LogP contribution in [-0.2, 0) is 0 Å². The topological polar surface area (TPSA) is 25.8 Å². The van der Waals surface area contributed by atoms with Crippen LogP contribution in [0.15, 0.2) is 109 Å². The molecule has 8 aromatic rings. The fourth-order valence-corrected chi connectivity index (χ4v) is 6.60. The molecule has 0 saturated heterocycles. The molecule has 0 fully saturated rings. The number of rotatable bonds is 4. The summed E-state index contributed by atoms with van der Waals surface area (Å²) >= 11 is 0. The van der Waals surface area contributed by atoms with Crippen LogP contribution < -0.4 is 0 Å². The van der Waals surface area contributed by atoms with E-state index < -0.39 is 0 Å². The number of nitrogens with zero attached hydrogens (tertiary/aromatic N) is 2. The minimum Gasteiger partial charge on any atom is -0.250 e. The summed E-state index contributed by atoms with van der Waals surface area (Å²) in [4.78, 5) is 10.3. The quantitative estimate of drug-likeness (QED) is 0.207. The van der Waals surface area contributed by atoms with E-state index >= 15 is 0 Å². The first-order chi connectivity index (χ1) is 20.5. The Morgan fingerprint density at radius 3 is 1.76 bits per heavy atom. The smallest absolute Gasteiger partial charge is 0.0974 e. The highest BCUT2D eigenvalue weighted by Gasteiger charge is 2.16. The zero-order valence-corrected chi connectivity index (χ0v) is 24.4. The third-order valence-electron chi connectivity index (χ3n) is 8.88. The maximum absolute atomic E-state index is 5.20. The van der Waals surface area contributed by atoms with Crippen LogP contribution in [0.4, 0.5) is 0 Å². The van der Waals surface area contributed by atoms with Gasteiger partial charge in [0, 0.05) is 22.2 Å². The summed E-state index contributed by atoms with van der Waals surface area (Å²) < 4.78 is 0. The van der Waals surface area contributed by atoms with E-state index in [0.29, 0.717) is 11.8 Å². The molecule has 0 aliphatic heterocycles. The monoisotopic (exact) mass is 540 g/mol. The summed E-state index contributed by atoms with van der Waals surface area (Å²) in [6, 6.07) is 40.3. The normalized spacial score (nSPS) is 12.2. The molecule has 2 heteroatoms. The lowest BCUT2D eigenvalue weighted by Crippen LogP contribution is -1.99. The molecular weight excluding hydrogens is 508 g/mol. The molecule has 0 amide bonds. The lowest BCUT2D eigenvalue weighted by Gasteiger charge is -2.16. The Labute approximate surface area is 246 Å². The molecule has 0 N–H and O–H groups in total. The van der Waals surface area contributed by atoms with Crippen molar-refractivity contribution >= 4 is 54.1 Å². The Kier molecular flexibility index (Phi) is 5.55. The van der Waals surface area contributed by atoms with Gasteiger partial charge in [0.05, 0.1) is 11.0 Å². The second-order valence-corrected chi connectivity index (χ2v) is 12.2. The number of pyridine rings is 2. The van der Waals surface area contributed by atoms with Gasteiger partial charge in [-0.2, -0.15) is 0 Å². The third-order valence-corrected chi connectivity index (χ3v) is 8.88. The molecule has 2 heterocycles. The van der Waals surface area contributed by atoms with Gasteiger partial charge in [-0.1, -0.05) is 119 Å². The van der Waals surface area contributed by atoms with Crippen LogP contribution in [-0.4, -0.2) is 9.97 Å². The van der Waals surface area contributed by atoms with Gasteiger partial charge in [0.15, 0.2) is 0 Å². The first-order valence-corrected chi connectivity index (χ1v) is 15.0.